The average Bonchev–Trinajstić information content (AvgIpc) is 3.01. The molecule has 10 heteroatoms. The number of nitrogens with one attached hydrogen (secondary N) is 1. The van der Waals surface area contributed by atoms with Gasteiger partial charge >= 0.3 is 0 Å². The highest BCUT2D eigenvalue weighted by Gasteiger charge is 2.36. The van der Waals surface area contributed by atoms with Crippen LogP contribution in [-0.2, 0) is 21.4 Å². The maximum Gasteiger partial charge on any atom is 0.244 e. The van der Waals surface area contributed by atoms with Crippen molar-refractivity contribution in [3.63, 3.8) is 0 Å². The van der Waals surface area contributed by atoms with Gasteiger partial charge in [0, 0.05) is 16.9 Å². The fraction of sp³-hybridized carbons (Fsp3) is 0.400. The molecule has 1 saturated heterocycles. The van der Waals surface area contributed by atoms with Crippen LogP contribution in [-0.4, -0.2) is 40.8 Å². The number of nitrogens with zero attached hydrogens (tertiary/aromatic N) is 3. The normalized spacial score (nSPS) is 18.8. The molecule has 0 spiro atoms. The van der Waals surface area contributed by atoms with Gasteiger partial charge in [0.05, 0.1) is 17.1 Å². The highest BCUT2D eigenvalue weighted by molar-refractivity contribution is 7.89. The Morgan fingerprint density at radius 3 is 2.72 bits per heavy atom. The summed E-state index contributed by atoms with van der Waals surface area (Å²) in [6, 6.07) is 5.15. The van der Waals surface area contributed by atoms with Gasteiger partial charge in [0.15, 0.2) is 0 Å². The number of hydrogen-bond acceptors (Lipinski definition) is 6. The first-order chi connectivity index (χ1) is 12.0. The maximum atomic E-state index is 13.2. The zero-order valence-corrected chi connectivity index (χ0v) is 15.6. The van der Waals surface area contributed by atoms with Gasteiger partial charge in [-0.25, -0.2) is 8.42 Å². The Balaban J connectivity index is 2.00. The van der Waals surface area contributed by atoms with Gasteiger partial charge < -0.3 is 5.32 Å². The molecule has 0 bridgehead atoms. The largest absolute Gasteiger partial charge is 0.355 e. The number of aromatic nitrogens is 2. The zero-order valence-electron chi connectivity index (χ0n) is 13.3. The number of halogens is 1. The van der Waals surface area contributed by atoms with Crippen LogP contribution in [0.5, 0.6) is 0 Å². The molecule has 1 aromatic carbocycles. The van der Waals surface area contributed by atoms with Crippen LogP contribution in [0.25, 0.3) is 0 Å². The van der Waals surface area contributed by atoms with E-state index in [0.29, 0.717) is 23.7 Å². The Hall–Kier alpha value is -1.55. The molecular formula is C15H17ClN4O3S2. The van der Waals surface area contributed by atoms with E-state index < -0.39 is 16.1 Å². The summed E-state index contributed by atoms with van der Waals surface area (Å²) in [5.74, 6) is -0.279. The third-order valence-electron chi connectivity index (χ3n) is 4.00. The second-order valence-corrected chi connectivity index (χ2v) is 8.64. The van der Waals surface area contributed by atoms with Crippen LogP contribution in [0.1, 0.15) is 25.0 Å². The molecule has 1 aliphatic heterocycles. The molecule has 3 rings (SSSR count). The monoisotopic (exact) mass is 400 g/mol. The molecule has 2 aromatic rings. The van der Waals surface area contributed by atoms with Crippen molar-refractivity contribution in [3.8, 4) is 0 Å². The summed E-state index contributed by atoms with van der Waals surface area (Å²) < 4.78 is 31.4. The van der Waals surface area contributed by atoms with Gasteiger partial charge in [-0.3, -0.25) is 4.79 Å². The molecule has 2 heterocycles. The molecule has 1 fully saturated rings. The summed E-state index contributed by atoms with van der Waals surface area (Å²) in [6.45, 7) is 0.558. The van der Waals surface area contributed by atoms with Gasteiger partial charge in [0.1, 0.15) is 6.04 Å². The average molecular weight is 401 g/mol. The molecule has 134 valence electrons. The number of carbonyl (C=O) groups excluding carboxylic acids is 1. The summed E-state index contributed by atoms with van der Waals surface area (Å²) in [5.41, 5.74) is 0.514. The molecular weight excluding hydrogens is 384 g/mol. The number of amides is 1. The molecule has 1 aromatic heterocycles. The van der Waals surface area contributed by atoms with Crippen molar-refractivity contribution < 1.29 is 13.2 Å². The minimum absolute atomic E-state index is 0.000450. The smallest absolute Gasteiger partial charge is 0.244 e. The van der Waals surface area contributed by atoms with Gasteiger partial charge in [-0.1, -0.05) is 16.1 Å². The fourth-order valence-corrected chi connectivity index (χ4v) is 4.87. The molecule has 1 amide bonds. The van der Waals surface area contributed by atoms with E-state index in [-0.39, 0.29) is 17.3 Å². The van der Waals surface area contributed by atoms with Crippen molar-refractivity contribution in [1.29, 1.82) is 0 Å². The lowest BCUT2D eigenvalue weighted by molar-refractivity contribution is -0.124. The highest BCUT2D eigenvalue weighted by atomic mass is 35.5. The zero-order chi connectivity index (χ0) is 17.9. The Labute approximate surface area is 155 Å². The second-order valence-electron chi connectivity index (χ2n) is 5.70. The molecule has 0 saturated carbocycles. The van der Waals surface area contributed by atoms with Crippen LogP contribution in [0, 0.1) is 0 Å². The van der Waals surface area contributed by atoms with Crippen molar-refractivity contribution in [1.82, 2.24) is 19.2 Å². The van der Waals surface area contributed by atoms with E-state index in [0.717, 1.165) is 24.4 Å². The summed E-state index contributed by atoms with van der Waals surface area (Å²) >= 11 is 7.00. The van der Waals surface area contributed by atoms with E-state index in [1.165, 1.54) is 28.6 Å². The molecule has 1 atom stereocenters. The van der Waals surface area contributed by atoms with Gasteiger partial charge in [0.2, 0.25) is 15.9 Å². The van der Waals surface area contributed by atoms with E-state index in [2.05, 4.69) is 14.9 Å². The van der Waals surface area contributed by atoms with E-state index in [9.17, 15) is 13.2 Å². The van der Waals surface area contributed by atoms with Crippen LogP contribution < -0.4 is 5.32 Å². The van der Waals surface area contributed by atoms with Crippen LogP contribution in [0.2, 0.25) is 5.02 Å². The molecule has 1 N–H and O–H groups in total. The SMILES string of the molecule is O=C1NCCCC[C@H]1N(Cc1csnn1)S(=O)(=O)c1ccc(Cl)cc1. The number of rotatable bonds is 5. The summed E-state index contributed by atoms with van der Waals surface area (Å²) in [4.78, 5) is 12.5. The Morgan fingerprint density at radius 1 is 1.28 bits per heavy atom. The standard InChI is InChI=1S/C15H17ClN4O3S2/c16-11-4-6-13(7-5-11)25(22,23)20(9-12-10-24-19-18-12)14-3-1-2-8-17-15(14)21/h4-7,10,14H,1-3,8-9H2,(H,17,21)/t14-/m1/s1. The summed E-state index contributed by atoms with van der Waals surface area (Å²) in [5, 5.41) is 8.84. The molecule has 0 unspecified atom stereocenters. The summed E-state index contributed by atoms with van der Waals surface area (Å²) in [7, 11) is -3.89. The lowest BCUT2D eigenvalue weighted by Crippen LogP contribution is -2.48. The molecule has 25 heavy (non-hydrogen) atoms. The van der Waals surface area contributed by atoms with Crippen molar-refractivity contribution in [2.24, 2.45) is 0 Å². The predicted octanol–water partition coefficient (Wildman–Crippen LogP) is 2.05. The number of hydrogen-bond donors (Lipinski definition) is 1. The number of sulfonamides is 1. The minimum Gasteiger partial charge on any atom is -0.355 e. The van der Waals surface area contributed by atoms with Crippen LogP contribution in [0.15, 0.2) is 34.5 Å². The Kier molecular flexibility index (Phi) is 5.67. The molecule has 0 aliphatic carbocycles. The van der Waals surface area contributed by atoms with Crippen LogP contribution in [0.4, 0.5) is 0 Å². The second kappa shape index (κ2) is 7.77. The molecule has 7 nitrogen and oxygen atoms in total. The maximum absolute atomic E-state index is 13.2. The van der Waals surface area contributed by atoms with E-state index in [1.54, 1.807) is 5.38 Å². The first-order valence-electron chi connectivity index (χ1n) is 7.79. The first-order valence-corrected chi connectivity index (χ1v) is 10.4. The van der Waals surface area contributed by atoms with Gasteiger partial charge in [-0.2, -0.15) is 4.31 Å². The lowest BCUT2D eigenvalue weighted by Gasteiger charge is -2.28. The first kappa shape index (κ1) is 18.2. The van der Waals surface area contributed by atoms with Crippen molar-refractivity contribution in [3.05, 3.63) is 40.4 Å². The fourth-order valence-electron chi connectivity index (χ4n) is 2.72. The highest BCUT2D eigenvalue weighted by Crippen LogP contribution is 2.25. The predicted molar refractivity (Wildman–Crippen MR) is 94.7 cm³/mol. The van der Waals surface area contributed by atoms with Gasteiger partial charge in [0.25, 0.3) is 0 Å². The molecule has 0 radical (unpaired) electrons. The van der Waals surface area contributed by atoms with E-state index in [1.807, 2.05) is 0 Å². The lowest BCUT2D eigenvalue weighted by atomic mass is 10.1. The van der Waals surface area contributed by atoms with Crippen molar-refractivity contribution in [2.45, 2.75) is 36.7 Å². The third-order valence-corrected chi connectivity index (χ3v) is 6.67. The van der Waals surface area contributed by atoms with Gasteiger partial charge in [-0.15, -0.1) is 5.10 Å². The van der Waals surface area contributed by atoms with Gasteiger partial charge in [-0.05, 0) is 55.1 Å². The topological polar surface area (TPSA) is 92.3 Å². The minimum atomic E-state index is -3.89. The van der Waals surface area contributed by atoms with Crippen LogP contribution >= 0.6 is 23.1 Å². The number of benzene rings is 1. The van der Waals surface area contributed by atoms with Crippen molar-refractivity contribution >= 4 is 39.1 Å². The van der Waals surface area contributed by atoms with Crippen LogP contribution in [0.3, 0.4) is 0 Å². The Morgan fingerprint density at radius 2 is 2.04 bits per heavy atom. The van der Waals surface area contributed by atoms with E-state index in [4.69, 9.17) is 11.6 Å². The quantitative estimate of drug-likeness (QED) is 0.829. The summed E-state index contributed by atoms with van der Waals surface area (Å²) in [6.07, 6.45) is 2.07. The third kappa shape index (κ3) is 4.17. The van der Waals surface area contributed by atoms with E-state index >= 15 is 0 Å². The van der Waals surface area contributed by atoms with Crippen molar-refractivity contribution in [2.75, 3.05) is 6.54 Å². The Bertz CT molecular complexity index is 825. The number of carbonyl (C=O) groups is 1. The molecule has 1 aliphatic rings.